The summed E-state index contributed by atoms with van der Waals surface area (Å²) in [5.74, 6) is 0.266. The molecule has 1 heterocycles. The van der Waals surface area contributed by atoms with Crippen molar-refractivity contribution < 1.29 is 19.4 Å². The van der Waals surface area contributed by atoms with Crippen LogP contribution < -0.4 is 10.1 Å². The van der Waals surface area contributed by atoms with Gasteiger partial charge in [0.25, 0.3) is 5.91 Å². The minimum absolute atomic E-state index is 0.0167. The summed E-state index contributed by atoms with van der Waals surface area (Å²) < 4.78 is 5.40. The van der Waals surface area contributed by atoms with Gasteiger partial charge in [-0.2, -0.15) is 0 Å². The summed E-state index contributed by atoms with van der Waals surface area (Å²) in [4.78, 5) is 24.8. The Morgan fingerprint density at radius 1 is 1.36 bits per heavy atom. The maximum atomic E-state index is 12.0. The number of nitrogens with zero attached hydrogens (tertiary/aromatic N) is 1. The Morgan fingerprint density at radius 2 is 2.05 bits per heavy atom. The molecule has 7 heteroatoms. The van der Waals surface area contributed by atoms with Gasteiger partial charge in [0.15, 0.2) is 0 Å². The van der Waals surface area contributed by atoms with Gasteiger partial charge in [-0.15, -0.1) is 0 Å². The van der Waals surface area contributed by atoms with Gasteiger partial charge in [0.2, 0.25) is 0 Å². The Labute approximate surface area is 134 Å². The second-order valence-electron chi connectivity index (χ2n) is 5.16. The van der Waals surface area contributed by atoms with Crippen LogP contribution in [-0.2, 0) is 4.79 Å². The van der Waals surface area contributed by atoms with Crippen molar-refractivity contribution in [3.8, 4) is 5.75 Å². The summed E-state index contributed by atoms with van der Waals surface area (Å²) in [5.41, 5.74) is 0. The van der Waals surface area contributed by atoms with Gasteiger partial charge in [-0.25, -0.2) is 4.79 Å². The highest BCUT2D eigenvalue weighted by atomic mass is 35.5. The predicted molar refractivity (Wildman–Crippen MR) is 81.9 cm³/mol. The number of urea groups is 1. The first kappa shape index (κ1) is 16.6. The van der Waals surface area contributed by atoms with Crippen LogP contribution in [0.25, 0.3) is 0 Å². The summed E-state index contributed by atoms with van der Waals surface area (Å²) in [6.07, 6.45) is 0.441. The lowest BCUT2D eigenvalue weighted by Crippen LogP contribution is -2.40. The van der Waals surface area contributed by atoms with E-state index < -0.39 is 18.2 Å². The van der Waals surface area contributed by atoms with E-state index in [-0.39, 0.29) is 19.1 Å². The number of nitrogens with one attached hydrogen (secondary N) is 1. The highest BCUT2D eigenvalue weighted by molar-refractivity contribution is 6.30. The molecule has 1 aromatic carbocycles. The van der Waals surface area contributed by atoms with Crippen molar-refractivity contribution in [2.75, 3.05) is 13.2 Å². The number of rotatable bonds is 7. The number of benzene rings is 1. The number of ether oxygens (including phenoxy) is 1. The number of β-amino-alcohol motifs (C(OH)–C–C–N with tert-alkyl or cyclic N) is 1. The third-order valence-electron chi connectivity index (χ3n) is 3.33. The molecule has 2 atom stereocenters. The predicted octanol–water partition coefficient (Wildman–Crippen LogP) is 1.80. The molecule has 0 spiro atoms. The number of hydrogen-bond donors (Lipinski definition) is 2. The lowest BCUT2D eigenvalue weighted by atomic mass is 10.1. The molecule has 1 fully saturated rings. The average Bonchev–Trinajstić information content (AvgIpc) is 2.75. The van der Waals surface area contributed by atoms with Crippen molar-refractivity contribution in [1.82, 2.24) is 10.2 Å². The van der Waals surface area contributed by atoms with E-state index in [2.05, 4.69) is 5.32 Å². The van der Waals surface area contributed by atoms with Gasteiger partial charge in [-0.3, -0.25) is 9.69 Å². The highest BCUT2D eigenvalue weighted by Gasteiger charge is 2.38. The summed E-state index contributed by atoms with van der Waals surface area (Å²) in [6.45, 7) is 1.84. The van der Waals surface area contributed by atoms with Crippen LogP contribution in [0.5, 0.6) is 5.75 Å². The largest absolute Gasteiger partial charge is 0.491 e. The molecule has 22 heavy (non-hydrogen) atoms. The van der Waals surface area contributed by atoms with E-state index in [1.165, 1.54) is 0 Å². The molecule has 0 radical (unpaired) electrons. The fourth-order valence-corrected chi connectivity index (χ4v) is 2.35. The Balaban J connectivity index is 1.83. The highest BCUT2D eigenvalue weighted by Crippen LogP contribution is 2.16. The monoisotopic (exact) mass is 326 g/mol. The number of amides is 3. The standard InChI is InChI=1S/C15H19ClN2O4/c1-2-3-13-14(20)18(15(21)17-13)8-11(19)9-22-12-6-4-10(16)5-7-12/h4-7,11,13,19H,2-3,8-9H2,1H3,(H,17,21)/t11-,13+/m0/s1. The van der Waals surface area contributed by atoms with E-state index in [0.29, 0.717) is 17.2 Å². The average molecular weight is 327 g/mol. The van der Waals surface area contributed by atoms with E-state index in [9.17, 15) is 14.7 Å². The van der Waals surface area contributed by atoms with Crippen LogP contribution in [-0.4, -0.2) is 47.2 Å². The van der Waals surface area contributed by atoms with Crippen LogP contribution in [0.15, 0.2) is 24.3 Å². The Kier molecular flexibility index (Phi) is 5.63. The van der Waals surface area contributed by atoms with Gasteiger partial charge in [0.1, 0.15) is 24.5 Å². The van der Waals surface area contributed by atoms with Crippen LogP contribution in [0.1, 0.15) is 19.8 Å². The molecular formula is C15H19ClN2O4. The molecule has 3 amide bonds. The van der Waals surface area contributed by atoms with E-state index in [4.69, 9.17) is 16.3 Å². The first-order chi connectivity index (χ1) is 10.5. The number of aliphatic hydroxyl groups is 1. The molecular weight excluding hydrogens is 308 g/mol. The summed E-state index contributed by atoms with van der Waals surface area (Å²) in [7, 11) is 0. The summed E-state index contributed by atoms with van der Waals surface area (Å²) >= 11 is 5.77. The fraction of sp³-hybridized carbons (Fsp3) is 0.467. The lowest BCUT2D eigenvalue weighted by molar-refractivity contribution is -0.128. The van der Waals surface area contributed by atoms with Crippen LogP contribution >= 0.6 is 11.6 Å². The number of carbonyl (C=O) groups is 2. The normalized spacial score (nSPS) is 19.2. The smallest absolute Gasteiger partial charge is 0.324 e. The van der Waals surface area contributed by atoms with Crippen LogP contribution in [0.4, 0.5) is 4.79 Å². The van der Waals surface area contributed by atoms with Gasteiger partial charge < -0.3 is 15.2 Å². The van der Waals surface area contributed by atoms with Crippen LogP contribution in [0, 0.1) is 0 Å². The molecule has 0 unspecified atom stereocenters. The van der Waals surface area contributed by atoms with Crippen molar-refractivity contribution >= 4 is 23.5 Å². The zero-order valence-electron chi connectivity index (χ0n) is 12.3. The molecule has 2 N–H and O–H groups in total. The van der Waals surface area contributed by atoms with Crippen molar-refractivity contribution in [2.45, 2.75) is 31.9 Å². The van der Waals surface area contributed by atoms with Crippen LogP contribution in [0.3, 0.4) is 0 Å². The van der Waals surface area contributed by atoms with Crippen LogP contribution in [0.2, 0.25) is 5.02 Å². The van der Waals surface area contributed by atoms with E-state index in [0.717, 1.165) is 11.3 Å². The number of hydrogen-bond acceptors (Lipinski definition) is 4. The minimum Gasteiger partial charge on any atom is -0.491 e. The molecule has 1 aliphatic heterocycles. The summed E-state index contributed by atoms with van der Waals surface area (Å²) in [5, 5.41) is 13.2. The SMILES string of the molecule is CCC[C@H]1NC(=O)N(C[C@H](O)COc2ccc(Cl)cc2)C1=O. The van der Waals surface area contributed by atoms with E-state index >= 15 is 0 Å². The molecule has 1 saturated heterocycles. The molecule has 6 nitrogen and oxygen atoms in total. The Bertz CT molecular complexity index is 535. The Hall–Kier alpha value is -1.79. The first-order valence-electron chi connectivity index (χ1n) is 7.19. The Morgan fingerprint density at radius 3 is 2.68 bits per heavy atom. The molecule has 0 bridgehead atoms. The zero-order chi connectivity index (χ0) is 16.1. The van der Waals surface area contributed by atoms with Gasteiger partial charge >= 0.3 is 6.03 Å². The van der Waals surface area contributed by atoms with Crippen molar-refractivity contribution in [2.24, 2.45) is 0 Å². The van der Waals surface area contributed by atoms with Crippen molar-refractivity contribution in [1.29, 1.82) is 0 Å². The topological polar surface area (TPSA) is 78.9 Å². The number of aliphatic hydroxyl groups excluding tert-OH is 1. The third kappa shape index (κ3) is 4.11. The fourth-order valence-electron chi connectivity index (χ4n) is 2.22. The first-order valence-corrected chi connectivity index (χ1v) is 7.57. The number of imide groups is 1. The van der Waals surface area contributed by atoms with Crippen molar-refractivity contribution in [3.05, 3.63) is 29.3 Å². The molecule has 0 saturated carbocycles. The minimum atomic E-state index is -0.953. The third-order valence-corrected chi connectivity index (χ3v) is 3.59. The maximum Gasteiger partial charge on any atom is 0.324 e. The van der Waals surface area contributed by atoms with Gasteiger partial charge in [0.05, 0.1) is 6.54 Å². The van der Waals surface area contributed by atoms with Gasteiger partial charge in [-0.1, -0.05) is 24.9 Å². The van der Waals surface area contributed by atoms with E-state index in [1.807, 2.05) is 6.92 Å². The quantitative estimate of drug-likeness (QED) is 0.749. The lowest BCUT2D eigenvalue weighted by Gasteiger charge is -2.18. The molecule has 120 valence electrons. The molecule has 0 aromatic heterocycles. The van der Waals surface area contributed by atoms with Crippen molar-refractivity contribution in [3.63, 3.8) is 0 Å². The van der Waals surface area contributed by atoms with E-state index in [1.54, 1.807) is 24.3 Å². The second-order valence-corrected chi connectivity index (χ2v) is 5.59. The van der Waals surface area contributed by atoms with Gasteiger partial charge in [0, 0.05) is 5.02 Å². The zero-order valence-corrected chi connectivity index (χ0v) is 13.0. The number of halogens is 1. The molecule has 1 aromatic rings. The molecule has 0 aliphatic carbocycles. The number of carbonyl (C=O) groups excluding carboxylic acids is 2. The van der Waals surface area contributed by atoms with Gasteiger partial charge in [-0.05, 0) is 30.7 Å². The maximum absolute atomic E-state index is 12.0. The second kappa shape index (κ2) is 7.47. The molecule has 1 aliphatic rings. The summed E-state index contributed by atoms with van der Waals surface area (Å²) in [6, 6.07) is 5.77. The molecule has 2 rings (SSSR count).